The first-order valence-electron chi connectivity index (χ1n) is 8.22. The van der Waals surface area contributed by atoms with Crippen molar-refractivity contribution in [3.63, 3.8) is 0 Å². The van der Waals surface area contributed by atoms with E-state index in [2.05, 4.69) is 0 Å². The molecule has 0 unspecified atom stereocenters. The van der Waals surface area contributed by atoms with E-state index in [9.17, 15) is 25.3 Å². The van der Waals surface area contributed by atoms with E-state index in [1.807, 2.05) is 0 Å². The molecule has 0 aliphatic rings. The van der Waals surface area contributed by atoms with E-state index in [1.165, 1.54) is 66.7 Å². The molecule has 0 spiro atoms. The molecular weight excluding hydrogens is 450 g/mol. The van der Waals surface area contributed by atoms with Gasteiger partial charge in [0, 0.05) is 16.7 Å². The summed E-state index contributed by atoms with van der Waals surface area (Å²) < 4.78 is 73.1. The van der Waals surface area contributed by atoms with Gasteiger partial charge in [-0.1, -0.05) is 48.5 Å². The van der Waals surface area contributed by atoms with Gasteiger partial charge in [0.25, 0.3) is 0 Å². The van der Waals surface area contributed by atoms with Crippen LogP contribution in [0, 0.1) is 0 Å². The van der Waals surface area contributed by atoms with E-state index in [1.54, 1.807) is 0 Å². The molecule has 3 aromatic rings. The van der Waals surface area contributed by atoms with Gasteiger partial charge in [0.15, 0.2) is 0 Å². The smallest absolute Gasteiger partial charge is 0.225 e. The van der Waals surface area contributed by atoms with Gasteiger partial charge in [-0.3, -0.25) is 0 Å². The summed E-state index contributed by atoms with van der Waals surface area (Å²) in [6.45, 7) is 0. The minimum atomic E-state index is -4.34. The molecule has 0 heterocycles. The Balaban J connectivity index is 2.57. The Hall–Kier alpha value is -2.61. The largest absolute Gasteiger partial charge is 0.238 e. The van der Waals surface area contributed by atoms with Crippen molar-refractivity contribution in [1.29, 1.82) is 0 Å². The number of rotatable bonds is 5. The molecular formula is C18H17N3O6S3. The summed E-state index contributed by atoms with van der Waals surface area (Å²) in [5, 5.41) is 16.0. The molecule has 6 N–H and O–H groups in total. The molecule has 0 atom stereocenters. The Kier molecular flexibility index (Phi) is 5.58. The number of hydrogen-bond donors (Lipinski definition) is 3. The Morgan fingerprint density at radius 2 is 0.800 bits per heavy atom. The molecule has 3 aromatic carbocycles. The van der Waals surface area contributed by atoms with Crippen molar-refractivity contribution in [2.45, 2.75) is 14.7 Å². The first-order chi connectivity index (χ1) is 13.8. The molecule has 0 bridgehead atoms. The molecule has 9 nitrogen and oxygen atoms in total. The van der Waals surface area contributed by atoms with Crippen LogP contribution >= 0.6 is 0 Å². The van der Waals surface area contributed by atoms with Gasteiger partial charge in [-0.2, -0.15) is 0 Å². The van der Waals surface area contributed by atoms with Gasteiger partial charge < -0.3 is 0 Å². The Morgan fingerprint density at radius 1 is 0.433 bits per heavy atom. The third-order valence-electron chi connectivity index (χ3n) is 4.28. The molecule has 0 fully saturated rings. The predicted octanol–water partition coefficient (Wildman–Crippen LogP) is 0.963. The minimum Gasteiger partial charge on any atom is -0.225 e. The fourth-order valence-corrected chi connectivity index (χ4v) is 5.40. The second kappa shape index (κ2) is 7.58. The molecule has 3 rings (SSSR count). The zero-order chi connectivity index (χ0) is 22.3. The van der Waals surface area contributed by atoms with Crippen LogP contribution in [0.2, 0.25) is 0 Å². The lowest BCUT2D eigenvalue weighted by molar-refractivity contribution is 0.595. The lowest BCUT2D eigenvalue weighted by Gasteiger charge is -2.18. The van der Waals surface area contributed by atoms with E-state index < -0.39 is 35.0 Å². The van der Waals surface area contributed by atoms with Crippen LogP contribution in [0.5, 0.6) is 0 Å². The van der Waals surface area contributed by atoms with Crippen molar-refractivity contribution in [3.05, 3.63) is 66.7 Å². The van der Waals surface area contributed by atoms with Gasteiger partial charge in [-0.05, 0) is 23.8 Å². The maximum Gasteiger partial charge on any atom is 0.238 e. The SMILES string of the molecule is NS(=O)(=O)c1ccccc1-c1cccc(S(N)(=O)=O)c1-c1ccccc1S(N)(=O)=O. The molecule has 0 aliphatic carbocycles. The van der Waals surface area contributed by atoms with Gasteiger partial charge >= 0.3 is 0 Å². The van der Waals surface area contributed by atoms with E-state index in [-0.39, 0.29) is 32.0 Å². The summed E-state index contributed by atoms with van der Waals surface area (Å²) >= 11 is 0. The van der Waals surface area contributed by atoms with Crippen molar-refractivity contribution < 1.29 is 25.3 Å². The third kappa shape index (κ3) is 4.28. The van der Waals surface area contributed by atoms with Gasteiger partial charge in [0.1, 0.15) is 0 Å². The van der Waals surface area contributed by atoms with Gasteiger partial charge in [0.2, 0.25) is 30.1 Å². The highest BCUT2D eigenvalue weighted by atomic mass is 32.2. The van der Waals surface area contributed by atoms with Crippen molar-refractivity contribution >= 4 is 30.1 Å². The average Bonchev–Trinajstić information content (AvgIpc) is 2.65. The second-order valence-electron chi connectivity index (χ2n) is 6.31. The minimum absolute atomic E-state index is 0.0520. The topological polar surface area (TPSA) is 180 Å². The van der Waals surface area contributed by atoms with E-state index in [0.717, 1.165) is 0 Å². The van der Waals surface area contributed by atoms with Crippen molar-refractivity contribution in [1.82, 2.24) is 0 Å². The zero-order valence-electron chi connectivity index (χ0n) is 15.3. The van der Waals surface area contributed by atoms with Crippen LogP contribution in [-0.4, -0.2) is 25.3 Å². The summed E-state index contributed by atoms with van der Waals surface area (Å²) in [4.78, 5) is -1.03. The number of benzene rings is 3. The van der Waals surface area contributed by atoms with Crippen molar-refractivity contribution in [2.24, 2.45) is 15.4 Å². The number of sulfonamides is 3. The Bertz CT molecular complexity index is 1460. The van der Waals surface area contributed by atoms with Crippen molar-refractivity contribution in [3.8, 4) is 22.3 Å². The molecule has 0 amide bonds. The highest BCUT2D eigenvalue weighted by Crippen LogP contribution is 2.41. The molecule has 0 radical (unpaired) electrons. The molecule has 158 valence electrons. The molecule has 0 saturated carbocycles. The molecule has 30 heavy (non-hydrogen) atoms. The van der Waals surface area contributed by atoms with Crippen LogP contribution in [0.4, 0.5) is 0 Å². The van der Waals surface area contributed by atoms with Crippen LogP contribution in [0.25, 0.3) is 22.3 Å². The lowest BCUT2D eigenvalue weighted by Crippen LogP contribution is -2.17. The van der Waals surface area contributed by atoms with Crippen LogP contribution in [-0.2, 0) is 30.1 Å². The summed E-state index contributed by atoms with van der Waals surface area (Å²) in [6, 6.07) is 15.1. The average molecular weight is 468 g/mol. The van der Waals surface area contributed by atoms with Crippen LogP contribution in [0.15, 0.2) is 81.4 Å². The van der Waals surface area contributed by atoms with Crippen LogP contribution in [0.3, 0.4) is 0 Å². The molecule has 0 aliphatic heterocycles. The highest BCUT2D eigenvalue weighted by molar-refractivity contribution is 7.90. The zero-order valence-corrected chi connectivity index (χ0v) is 17.7. The Morgan fingerprint density at radius 3 is 1.30 bits per heavy atom. The maximum absolute atomic E-state index is 12.3. The summed E-state index contributed by atoms with van der Waals surface area (Å²) in [7, 11) is -12.8. The Labute approximate surface area is 174 Å². The van der Waals surface area contributed by atoms with Crippen molar-refractivity contribution in [2.75, 3.05) is 0 Å². The summed E-state index contributed by atoms with van der Waals surface area (Å²) in [5.74, 6) is 0. The lowest BCUT2D eigenvalue weighted by atomic mass is 9.94. The van der Waals surface area contributed by atoms with E-state index in [0.29, 0.717) is 0 Å². The standard InChI is InChI=1S/C18H17N3O6S3/c19-28(22,23)15-9-3-1-6-12(15)13-8-5-11-17(30(21,26)27)18(13)14-7-2-4-10-16(14)29(20,24)25/h1-11H,(H2,19,22,23)(H2,20,24,25)(H2,21,26,27). The molecule has 12 heteroatoms. The molecule has 0 aromatic heterocycles. The second-order valence-corrected chi connectivity index (χ2v) is 10.9. The number of primary sulfonamides is 3. The van der Waals surface area contributed by atoms with Gasteiger partial charge in [0.05, 0.1) is 14.7 Å². The molecule has 0 saturated heterocycles. The van der Waals surface area contributed by atoms with Gasteiger partial charge in [-0.15, -0.1) is 0 Å². The third-order valence-corrected chi connectivity index (χ3v) is 7.17. The number of hydrogen-bond acceptors (Lipinski definition) is 6. The van der Waals surface area contributed by atoms with Gasteiger partial charge in [-0.25, -0.2) is 40.7 Å². The summed E-state index contributed by atoms with van der Waals surface area (Å²) in [6.07, 6.45) is 0. The fraction of sp³-hybridized carbons (Fsp3) is 0. The monoisotopic (exact) mass is 467 g/mol. The maximum atomic E-state index is 12.3. The predicted molar refractivity (Wildman–Crippen MR) is 111 cm³/mol. The highest BCUT2D eigenvalue weighted by Gasteiger charge is 2.26. The first kappa shape index (κ1) is 22.1. The van der Waals surface area contributed by atoms with Crippen LogP contribution in [0.1, 0.15) is 0 Å². The van der Waals surface area contributed by atoms with Crippen LogP contribution < -0.4 is 15.4 Å². The fourth-order valence-electron chi connectivity index (χ4n) is 3.13. The summed E-state index contributed by atoms with van der Waals surface area (Å²) in [5.41, 5.74) is 0.0107. The van der Waals surface area contributed by atoms with E-state index >= 15 is 0 Å². The first-order valence-corrected chi connectivity index (χ1v) is 12.9. The van der Waals surface area contributed by atoms with E-state index in [4.69, 9.17) is 15.4 Å². The number of nitrogens with two attached hydrogens (primary N) is 3. The quantitative estimate of drug-likeness (QED) is 0.502. The normalized spacial score (nSPS) is 12.6.